The number of nitrogens with one attached hydrogen (secondary N) is 1. The van der Waals surface area contributed by atoms with Gasteiger partial charge in [0.2, 0.25) is 5.91 Å². The molecule has 0 saturated heterocycles. The second kappa shape index (κ2) is 7.39. The highest BCUT2D eigenvalue weighted by Gasteiger charge is 2.06. The maximum atomic E-state index is 11.7. The lowest BCUT2D eigenvalue weighted by molar-refractivity contribution is -0.111. The van der Waals surface area contributed by atoms with E-state index in [9.17, 15) is 4.79 Å². The van der Waals surface area contributed by atoms with E-state index in [4.69, 9.17) is 0 Å². The number of hydrogen-bond acceptors (Lipinski definition) is 2. The standard InChI is InChI=1S/C16H23NOS/c1-6-13(5)19-14-7-8-15(12(4)10-14)17-16(18)9-11(2)3/h7-10,13H,6H2,1-5H3,(H,17,18). The molecule has 1 unspecified atom stereocenters. The van der Waals surface area contributed by atoms with Gasteiger partial charge in [0.25, 0.3) is 0 Å². The van der Waals surface area contributed by atoms with Crippen molar-refractivity contribution in [1.82, 2.24) is 0 Å². The molecule has 1 atom stereocenters. The average Bonchev–Trinajstić information content (AvgIpc) is 2.31. The van der Waals surface area contributed by atoms with Crippen molar-refractivity contribution >= 4 is 23.4 Å². The van der Waals surface area contributed by atoms with Crippen molar-refractivity contribution in [3.05, 3.63) is 35.4 Å². The molecule has 104 valence electrons. The fraction of sp³-hybridized carbons (Fsp3) is 0.438. The molecule has 3 heteroatoms. The van der Waals surface area contributed by atoms with E-state index in [0.29, 0.717) is 5.25 Å². The number of carbonyl (C=O) groups is 1. The maximum absolute atomic E-state index is 11.7. The summed E-state index contributed by atoms with van der Waals surface area (Å²) in [7, 11) is 0. The highest BCUT2D eigenvalue weighted by atomic mass is 32.2. The minimum Gasteiger partial charge on any atom is -0.322 e. The molecule has 0 radical (unpaired) electrons. The molecule has 2 nitrogen and oxygen atoms in total. The molecule has 1 N–H and O–H groups in total. The third-order valence-corrected chi connectivity index (χ3v) is 4.05. The molecule has 0 aliphatic rings. The molecule has 0 saturated carbocycles. The van der Waals surface area contributed by atoms with Gasteiger partial charge in [0.05, 0.1) is 0 Å². The van der Waals surface area contributed by atoms with Crippen LogP contribution < -0.4 is 5.32 Å². The molecule has 1 amide bonds. The number of anilines is 1. The predicted molar refractivity (Wildman–Crippen MR) is 84.8 cm³/mol. The van der Waals surface area contributed by atoms with Crippen molar-refractivity contribution in [2.75, 3.05) is 5.32 Å². The summed E-state index contributed by atoms with van der Waals surface area (Å²) in [6, 6.07) is 6.19. The molecule has 0 fully saturated rings. The first-order chi connectivity index (χ1) is 8.92. The third-order valence-electron chi connectivity index (χ3n) is 2.79. The van der Waals surface area contributed by atoms with E-state index in [2.05, 4.69) is 31.3 Å². The molecule has 0 aromatic heterocycles. The highest BCUT2D eigenvalue weighted by Crippen LogP contribution is 2.28. The maximum Gasteiger partial charge on any atom is 0.248 e. The lowest BCUT2D eigenvalue weighted by atomic mass is 10.2. The zero-order valence-electron chi connectivity index (χ0n) is 12.4. The Balaban J connectivity index is 2.77. The normalized spacial score (nSPS) is 11.8. The van der Waals surface area contributed by atoms with Gasteiger partial charge in [0.1, 0.15) is 0 Å². The summed E-state index contributed by atoms with van der Waals surface area (Å²) in [5.41, 5.74) is 2.99. The second-order valence-electron chi connectivity index (χ2n) is 5.02. The van der Waals surface area contributed by atoms with Gasteiger partial charge in [-0.25, -0.2) is 0 Å². The van der Waals surface area contributed by atoms with Crippen LogP contribution in [0.15, 0.2) is 34.7 Å². The summed E-state index contributed by atoms with van der Waals surface area (Å²) in [4.78, 5) is 12.9. The Morgan fingerprint density at radius 1 is 1.42 bits per heavy atom. The molecule has 0 aliphatic carbocycles. The zero-order chi connectivity index (χ0) is 14.4. The molecule has 0 heterocycles. The first-order valence-corrected chi connectivity index (χ1v) is 7.53. The Morgan fingerprint density at radius 2 is 2.11 bits per heavy atom. The van der Waals surface area contributed by atoms with E-state index in [-0.39, 0.29) is 5.91 Å². The number of thioether (sulfide) groups is 1. The highest BCUT2D eigenvalue weighted by molar-refractivity contribution is 7.99. The first-order valence-electron chi connectivity index (χ1n) is 6.65. The molecule has 1 rings (SSSR count). The Labute approximate surface area is 120 Å². The Hall–Kier alpha value is -1.22. The van der Waals surface area contributed by atoms with Crippen LogP contribution in [0.25, 0.3) is 0 Å². The third kappa shape index (κ3) is 5.52. The SMILES string of the molecule is CCC(C)Sc1ccc(NC(=O)C=C(C)C)c(C)c1. The Kier molecular flexibility index (Phi) is 6.16. The Bertz CT molecular complexity index is 476. The summed E-state index contributed by atoms with van der Waals surface area (Å²) in [6.07, 6.45) is 2.77. The van der Waals surface area contributed by atoms with Crippen LogP contribution >= 0.6 is 11.8 Å². The summed E-state index contributed by atoms with van der Waals surface area (Å²) in [5, 5.41) is 3.53. The van der Waals surface area contributed by atoms with Gasteiger partial charge in [0.15, 0.2) is 0 Å². The van der Waals surface area contributed by atoms with E-state index >= 15 is 0 Å². The van der Waals surface area contributed by atoms with Crippen LogP contribution in [-0.2, 0) is 4.79 Å². The summed E-state index contributed by atoms with van der Waals surface area (Å²) >= 11 is 1.87. The van der Waals surface area contributed by atoms with Crippen molar-refractivity contribution in [3.63, 3.8) is 0 Å². The first kappa shape index (κ1) is 15.8. The second-order valence-corrected chi connectivity index (χ2v) is 6.54. The van der Waals surface area contributed by atoms with Crippen LogP contribution in [0.4, 0.5) is 5.69 Å². The quantitative estimate of drug-likeness (QED) is 0.619. The fourth-order valence-electron chi connectivity index (χ4n) is 1.60. The van der Waals surface area contributed by atoms with Crippen LogP contribution in [0.1, 0.15) is 39.7 Å². The van der Waals surface area contributed by atoms with Gasteiger partial charge in [-0.2, -0.15) is 0 Å². The number of carbonyl (C=O) groups excluding carboxylic acids is 1. The van der Waals surface area contributed by atoms with Gasteiger partial charge < -0.3 is 5.32 Å². The minimum absolute atomic E-state index is 0.0644. The number of hydrogen-bond donors (Lipinski definition) is 1. The number of benzene rings is 1. The van der Waals surface area contributed by atoms with Crippen LogP contribution in [0.5, 0.6) is 0 Å². The van der Waals surface area contributed by atoms with Gasteiger partial charge in [-0.1, -0.05) is 19.4 Å². The van der Waals surface area contributed by atoms with Crippen LogP contribution in [0.2, 0.25) is 0 Å². The number of aryl methyl sites for hydroxylation is 1. The fourth-order valence-corrected chi connectivity index (χ4v) is 2.62. The van der Waals surface area contributed by atoms with Crippen LogP contribution in [-0.4, -0.2) is 11.2 Å². The summed E-state index contributed by atoms with van der Waals surface area (Å²) in [6.45, 7) is 10.3. The van der Waals surface area contributed by atoms with E-state index in [0.717, 1.165) is 23.2 Å². The number of allylic oxidation sites excluding steroid dienone is 1. The van der Waals surface area contributed by atoms with Crippen molar-refractivity contribution in [1.29, 1.82) is 0 Å². The van der Waals surface area contributed by atoms with Crippen molar-refractivity contribution in [3.8, 4) is 0 Å². The van der Waals surface area contributed by atoms with Gasteiger partial charge in [-0.15, -0.1) is 11.8 Å². The van der Waals surface area contributed by atoms with Gasteiger partial charge >= 0.3 is 0 Å². The van der Waals surface area contributed by atoms with Gasteiger partial charge in [-0.05, 0) is 51.0 Å². The molecule has 0 bridgehead atoms. The minimum atomic E-state index is -0.0644. The van der Waals surface area contributed by atoms with Crippen molar-refractivity contribution < 1.29 is 4.79 Å². The van der Waals surface area contributed by atoms with Gasteiger partial charge in [0, 0.05) is 21.9 Å². The molecule has 19 heavy (non-hydrogen) atoms. The zero-order valence-corrected chi connectivity index (χ0v) is 13.2. The molecule has 1 aromatic rings. The molecular weight excluding hydrogens is 254 g/mol. The van der Waals surface area contributed by atoms with E-state index in [1.54, 1.807) is 6.08 Å². The lowest BCUT2D eigenvalue weighted by Crippen LogP contribution is -2.09. The molecule has 0 aliphatic heterocycles. The van der Waals surface area contributed by atoms with E-state index in [1.165, 1.54) is 4.90 Å². The van der Waals surface area contributed by atoms with Crippen molar-refractivity contribution in [2.24, 2.45) is 0 Å². The number of amides is 1. The summed E-state index contributed by atoms with van der Waals surface area (Å²) < 4.78 is 0. The Morgan fingerprint density at radius 3 is 2.63 bits per heavy atom. The smallest absolute Gasteiger partial charge is 0.248 e. The monoisotopic (exact) mass is 277 g/mol. The molecular formula is C16H23NOS. The van der Waals surface area contributed by atoms with Gasteiger partial charge in [-0.3, -0.25) is 4.79 Å². The predicted octanol–water partition coefficient (Wildman–Crippen LogP) is 4.79. The van der Waals surface area contributed by atoms with Crippen LogP contribution in [0, 0.1) is 6.92 Å². The number of rotatable bonds is 5. The lowest BCUT2D eigenvalue weighted by Gasteiger charge is -2.11. The van der Waals surface area contributed by atoms with Crippen LogP contribution in [0.3, 0.4) is 0 Å². The summed E-state index contributed by atoms with van der Waals surface area (Å²) in [5.74, 6) is -0.0644. The molecule has 0 spiro atoms. The van der Waals surface area contributed by atoms with E-state index < -0.39 is 0 Å². The topological polar surface area (TPSA) is 29.1 Å². The molecule has 1 aromatic carbocycles. The average molecular weight is 277 g/mol. The largest absolute Gasteiger partial charge is 0.322 e. The van der Waals surface area contributed by atoms with Crippen molar-refractivity contribution in [2.45, 2.75) is 51.2 Å². The van der Waals surface area contributed by atoms with E-state index in [1.807, 2.05) is 38.6 Å².